The van der Waals surface area contributed by atoms with E-state index >= 15 is 0 Å². The number of hydrogen-bond acceptors (Lipinski definition) is 2. The van der Waals surface area contributed by atoms with Gasteiger partial charge in [0, 0.05) is 7.11 Å². The van der Waals surface area contributed by atoms with Gasteiger partial charge in [0.2, 0.25) is 0 Å². The van der Waals surface area contributed by atoms with Crippen molar-refractivity contribution in [2.45, 2.75) is 12.7 Å². The number of methoxy groups -OCH3 is 1. The third-order valence-corrected chi connectivity index (χ3v) is 1.97. The maximum atomic E-state index is 5.19. The van der Waals surface area contributed by atoms with Gasteiger partial charge in [-0.15, -0.1) is 0 Å². The van der Waals surface area contributed by atoms with Crippen molar-refractivity contribution in [2.24, 2.45) is 0 Å². The first-order valence-corrected chi connectivity index (χ1v) is 4.09. The zero-order valence-corrected chi connectivity index (χ0v) is 7.12. The second-order valence-electron chi connectivity index (χ2n) is 3.00. The van der Waals surface area contributed by atoms with Crippen LogP contribution in [0.3, 0.4) is 0 Å². The van der Waals surface area contributed by atoms with Crippen molar-refractivity contribution in [3.05, 3.63) is 35.4 Å². The molecule has 2 rings (SSSR count). The Labute approximate surface area is 72.1 Å². The van der Waals surface area contributed by atoms with Gasteiger partial charge in [-0.05, 0) is 11.1 Å². The Morgan fingerprint density at radius 1 is 1.58 bits per heavy atom. The van der Waals surface area contributed by atoms with Crippen LogP contribution in [-0.4, -0.2) is 13.7 Å². The Hall–Kier alpha value is -0.860. The monoisotopic (exact) mass is 164 g/mol. The lowest BCUT2D eigenvalue weighted by molar-refractivity contribution is 0.185. The van der Waals surface area contributed by atoms with E-state index in [1.165, 1.54) is 11.1 Å². The smallest absolute Gasteiger partial charge is 0.106 e. The molecule has 1 atom stereocenters. The van der Waals surface area contributed by atoms with Gasteiger partial charge in [-0.3, -0.25) is 0 Å². The molecule has 0 aromatic heterocycles. The number of ether oxygens (including phenoxy) is 2. The summed E-state index contributed by atoms with van der Waals surface area (Å²) >= 11 is 0. The molecule has 0 saturated carbocycles. The molecule has 12 heavy (non-hydrogen) atoms. The van der Waals surface area contributed by atoms with Crippen LogP contribution < -0.4 is 0 Å². The molecule has 64 valence electrons. The first-order chi connectivity index (χ1) is 5.90. The van der Waals surface area contributed by atoms with E-state index in [9.17, 15) is 0 Å². The molecule has 1 saturated heterocycles. The van der Waals surface area contributed by atoms with E-state index in [0.717, 1.165) is 6.61 Å². The van der Waals surface area contributed by atoms with Gasteiger partial charge in [-0.25, -0.2) is 0 Å². The SMILES string of the molecule is COCc1cccc([C@H]2CO2)c1. The molecule has 1 aliphatic rings. The summed E-state index contributed by atoms with van der Waals surface area (Å²) in [7, 11) is 1.71. The largest absolute Gasteiger partial charge is 0.380 e. The van der Waals surface area contributed by atoms with Crippen molar-refractivity contribution in [2.75, 3.05) is 13.7 Å². The summed E-state index contributed by atoms with van der Waals surface area (Å²) in [6.07, 6.45) is 0.349. The van der Waals surface area contributed by atoms with E-state index in [1.807, 2.05) is 6.07 Å². The number of rotatable bonds is 3. The van der Waals surface area contributed by atoms with Crippen molar-refractivity contribution in [1.82, 2.24) is 0 Å². The molecule has 0 amide bonds. The molecule has 1 aromatic carbocycles. The van der Waals surface area contributed by atoms with E-state index in [4.69, 9.17) is 9.47 Å². The minimum atomic E-state index is 0.349. The Bertz CT molecular complexity index is 266. The van der Waals surface area contributed by atoms with Crippen molar-refractivity contribution in [3.8, 4) is 0 Å². The Morgan fingerprint density at radius 3 is 3.08 bits per heavy atom. The number of benzene rings is 1. The molecular weight excluding hydrogens is 152 g/mol. The van der Waals surface area contributed by atoms with Crippen molar-refractivity contribution >= 4 is 0 Å². The lowest BCUT2D eigenvalue weighted by Gasteiger charge is -2.01. The highest BCUT2D eigenvalue weighted by Gasteiger charge is 2.24. The number of epoxide rings is 1. The lowest BCUT2D eigenvalue weighted by Crippen LogP contribution is -1.89. The Kier molecular flexibility index (Phi) is 2.11. The van der Waals surface area contributed by atoms with Gasteiger partial charge in [0.1, 0.15) is 6.10 Å². The fraction of sp³-hybridized carbons (Fsp3) is 0.400. The first kappa shape index (κ1) is 7.77. The van der Waals surface area contributed by atoms with Crippen LogP contribution in [0.25, 0.3) is 0 Å². The van der Waals surface area contributed by atoms with Gasteiger partial charge in [-0.2, -0.15) is 0 Å². The molecular formula is C10H12O2. The topological polar surface area (TPSA) is 21.8 Å². The van der Waals surface area contributed by atoms with Gasteiger partial charge in [-0.1, -0.05) is 24.3 Å². The molecule has 0 spiro atoms. The van der Waals surface area contributed by atoms with Gasteiger partial charge < -0.3 is 9.47 Å². The van der Waals surface area contributed by atoms with Crippen LogP contribution in [0.1, 0.15) is 17.2 Å². The standard InChI is InChI=1S/C10H12O2/c1-11-6-8-3-2-4-9(5-8)10-7-12-10/h2-5,10H,6-7H2,1H3/t10-/m1/s1. The molecule has 2 nitrogen and oxygen atoms in total. The summed E-state index contributed by atoms with van der Waals surface area (Å²) in [6, 6.07) is 8.35. The Balaban J connectivity index is 2.15. The summed E-state index contributed by atoms with van der Waals surface area (Å²) in [5.41, 5.74) is 2.48. The van der Waals surface area contributed by atoms with E-state index in [-0.39, 0.29) is 0 Å². The second-order valence-corrected chi connectivity index (χ2v) is 3.00. The summed E-state index contributed by atoms with van der Waals surface area (Å²) in [4.78, 5) is 0. The lowest BCUT2D eigenvalue weighted by atomic mass is 10.1. The quantitative estimate of drug-likeness (QED) is 0.636. The predicted molar refractivity (Wildman–Crippen MR) is 45.8 cm³/mol. The van der Waals surface area contributed by atoms with E-state index in [1.54, 1.807) is 7.11 Å². The number of hydrogen-bond donors (Lipinski definition) is 0. The van der Waals surface area contributed by atoms with E-state index in [2.05, 4.69) is 18.2 Å². The summed E-state index contributed by atoms with van der Waals surface area (Å²) in [6.45, 7) is 1.55. The minimum Gasteiger partial charge on any atom is -0.380 e. The molecule has 1 aromatic rings. The zero-order chi connectivity index (χ0) is 8.39. The average molecular weight is 164 g/mol. The third kappa shape index (κ3) is 1.65. The average Bonchev–Trinajstić information content (AvgIpc) is 2.88. The van der Waals surface area contributed by atoms with Crippen molar-refractivity contribution in [1.29, 1.82) is 0 Å². The predicted octanol–water partition coefficient (Wildman–Crippen LogP) is 1.90. The van der Waals surface area contributed by atoms with E-state index < -0.39 is 0 Å². The van der Waals surface area contributed by atoms with Crippen LogP contribution in [0, 0.1) is 0 Å². The maximum Gasteiger partial charge on any atom is 0.106 e. The molecule has 1 aliphatic heterocycles. The van der Waals surface area contributed by atoms with Crippen LogP contribution in [0.15, 0.2) is 24.3 Å². The molecule has 0 unspecified atom stereocenters. The summed E-state index contributed by atoms with van der Waals surface area (Å²) in [5, 5.41) is 0. The fourth-order valence-electron chi connectivity index (χ4n) is 1.29. The molecule has 0 aliphatic carbocycles. The van der Waals surface area contributed by atoms with E-state index in [0.29, 0.717) is 12.7 Å². The second kappa shape index (κ2) is 3.25. The van der Waals surface area contributed by atoms with Crippen LogP contribution in [-0.2, 0) is 16.1 Å². The zero-order valence-electron chi connectivity index (χ0n) is 7.12. The summed E-state index contributed by atoms with van der Waals surface area (Å²) in [5.74, 6) is 0. The highest BCUT2D eigenvalue weighted by molar-refractivity contribution is 5.26. The first-order valence-electron chi connectivity index (χ1n) is 4.09. The van der Waals surface area contributed by atoms with Gasteiger partial charge in [0.05, 0.1) is 13.2 Å². The molecule has 0 radical (unpaired) electrons. The highest BCUT2D eigenvalue weighted by atomic mass is 16.6. The van der Waals surface area contributed by atoms with Crippen molar-refractivity contribution in [3.63, 3.8) is 0 Å². The molecule has 1 fully saturated rings. The van der Waals surface area contributed by atoms with Crippen LogP contribution in [0.5, 0.6) is 0 Å². The molecule has 1 heterocycles. The fourth-order valence-corrected chi connectivity index (χ4v) is 1.29. The van der Waals surface area contributed by atoms with Gasteiger partial charge in [0.15, 0.2) is 0 Å². The molecule has 0 N–H and O–H groups in total. The molecule has 0 bridgehead atoms. The highest BCUT2D eigenvalue weighted by Crippen LogP contribution is 2.29. The normalized spacial score (nSPS) is 20.9. The van der Waals surface area contributed by atoms with Crippen LogP contribution in [0.4, 0.5) is 0 Å². The maximum absolute atomic E-state index is 5.19. The Morgan fingerprint density at radius 2 is 2.42 bits per heavy atom. The van der Waals surface area contributed by atoms with Gasteiger partial charge in [0.25, 0.3) is 0 Å². The van der Waals surface area contributed by atoms with Crippen molar-refractivity contribution < 1.29 is 9.47 Å². The van der Waals surface area contributed by atoms with Gasteiger partial charge >= 0.3 is 0 Å². The van der Waals surface area contributed by atoms with Crippen LogP contribution in [0.2, 0.25) is 0 Å². The third-order valence-electron chi connectivity index (χ3n) is 1.97. The summed E-state index contributed by atoms with van der Waals surface area (Å²) < 4.78 is 10.2. The molecule has 2 heteroatoms. The minimum absolute atomic E-state index is 0.349. The van der Waals surface area contributed by atoms with Crippen LogP contribution >= 0.6 is 0 Å².